The predicted molar refractivity (Wildman–Crippen MR) is 99.5 cm³/mol. The van der Waals surface area contributed by atoms with E-state index in [4.69, 9.17) is 10.6 Å². The summed E-state index contributed by atoms with van der Waals surface area (Å²) in [7, 11) is 0. The molecule has 0 saturated heterocycles. The fraction of sp³-hybridized carbons (Fsp3) is 0.0476. The summed E-state index contributed by atoms with van der Waals surface area (Å²) >= 11 is 0. The fourth-order valence-corrected chi connectivity index (χ4v) is 3.52. The lowest BCUT2D eigenvalue weighted by molar-refractivity contribution is 0.103. The standard InChI is InChI=1S/C21H15N3O2/c22-24-16-10-4-9-15-18(16)20(23-24)14-8-5-11-17(19(14)21(15)25)26-12-13-6-2-1-3-7-13/h1-11H,12,22H2. The first-order chi connectivity index (χ1) is 12.7. The first-order valence-electron chi connectivity index (χ1n) is 8.35. The lowest BCUT2D eigenvalue weighted by atomic mass is 9.87. The molecule has 2 N–H and O–H groups in total. The number of nitrogens with two attached hydrogens (primary N) is 1. The number of rotatable bonds is 3. The summed E-state index contributed by atoms with van der Waals surface area (Å²) in [5, 5.41) is 5.24. The van der Waals surface area contributed by atoms with E-state index in [0.717, 1.165) is 27.7 Å². The topological polar surface area (TPSA) is 70.1 Å². The first kappa shape index (κ1) is 14.7. The van der Waals surface area contributed by atoms with Crippen LogP contribution in [0, 0.1) is 0 Å². The van der Waals surface area contributed by atoms with Crippen molar-refractivity contribution in [2.45, 2.75) is 6.61 Å². The molecule has 0 bridgehead atoms. The van der Waals surface area contributed by atoms with Crippen molar-refractivity contribution in [2.75, 3.05) is 5.84 Å². The molecule has 1 aromatic heterocycles. The van der Waals surface area contributed by atoms with Crippen molar-refractivity contribution < 1.29 is 9.53 Å². The minimum atomic E-state index is -0.0604. The highest BCUT2D eigenvalue weighted by Crippen LogP contribution is 2.41. The second-order valence-electron chi connectivity index (χ2n) is 6.27. The SMILES string of the molecule is Nn1nc2c3c(cccc31)C(=O)c1c(OCc3ccccc3)cccc1-2. The molecule has 3 aromatic carbocycles. The van der Waals surface area contributed by atoms with Crippen molar-refractivity contribution in [3.05, 3.63) is 83.4 Å². The number of aromatic nitrogens is 2. The van der Waals surface area contributed by atoms with E-state index in [-0.39, 0.29) is 5.78 Å². The van der Waals surface area contributed by atoms with Gasteiger partial charge in [0.05, 0.1) is 11.1 Å². The number of nitrogen functional groups attached to an aromatic ring is 1. The van der Waals surface area contributed by atoms with Crippen LogP contribution >= 0.6 is 0 Å². The zero-order valence-electron chi connectivity index (χ0n) is 13.8. The van der Waals surface area contributed by atoms with Gasteiger partial charge in [0.25, 0.3) is 0 Å². The largest absolute Gasteiger partial charge is 0.488 e. The van der Waals surface area contributed by atoms with Gasteiger partial charge in [-0.05, 0) is 17.7 Å². The average Bonchev–Trinajstić information content (AvgIpc) is 3.03. The molecule has 5 heteroatoms. The monoisotopic (exact) mass is 341 g/mol. The predicted octanol–water partition coefficient (Wildman–Crippen LogP) is 3.54. The van der Waals surface area contributed by atoms with E-state index in [1.54, 1.807) is 0 Å². The Labute approximate surface area is 149 Å². The third kappa shape index (κ3) is 2.04. The molecule has 1 aliphatic carbocycles. The van der Waals surface area contributed by atoms with Crippen LogP contribution < -0.4 is 10.6 Å². The highest BCUT2D eigenvalue weighted by atomic mass is 16.5. The number of hydrogen-bond donors (Lipinski definition) is 1. The molecule has 1 aliphatic rings. The third-order valence-electron chi connectivity index (χ3n) is 4.72. The summed E-state index contributed by atoms with van der Waals surface area (Å²) < 4.78 is 5.99. The third-order valence-corrected chi connectivity index (χ3v) is 4.72. The Balaban J connectivity index is 1.65. The van der Waals surface area contributed by atoms with Crippen molar-refractivity contribution >= 4 is 16.7 Å². The molecule has 126 valence electrons. The van der Waals surface area contributed by atoms with Gasteiger partial charge < -0.3 is 10.6 Å². The Kier molecular flexibility index (Phi) is 3.09. The van der Waals surface area contributed by atoms with Gasteiger partial charge in [0.1, 0.15) is 18.1 Å². The fourth-order valence-electron chi connectivity index (χ4n) is 3.52. The minimum absolute atomic E-state index is 0.0604. The summed E-state index contributed by atoms with van der Waals surface area (Å²) in [5.74, 6) is 6.49. The van der Waals surface area contributed by atoms with E-state index in [9.17, 15) is 4.79 Å². The van der Waals surface area contributed by atoms with Crippen LogP contribution in [0.2, 0.25) is 0 Å². The van der Waals surface area contributed by atoms with Gasteiger partial charge in [-0.3, -0.25) is 4.79 Å². The van der Waals surface area contributed by atoms with Crippen LogP contribution in [0.15, 0.2) is 66.7 Å². The summed E-state index contributed by atoms with van der Waals surface area (Å²) in [5.41, 5.74) is 4.42. The van der Waals surface area contributed by atoms with E-state index >= 15 is 0 Å². The number of ketones is 1. The molecule has 26 heavy (non-hydrogen) atoms. The zero-order chi connectivity index (χ0) is 17.7. The Hall–Kier alpha value is -3.60. The van der Waals surface area contributed by atoms with Gasteiger partial charge in [0.15, 0.2) is 5.78 Å². The average molecular weight is 341 g/mol. The summed E-state index contributed by atoms with van der Waals surface area (Å²) in [6.45, 7) is 0.396. The van der Waals surface area contributed by atoms with Crippen molar-refractivity contribution in [1.29, 1.82) is 0 Å². The second kappa shape index (κ2) is 5.46. The van der Waals surface area contributed by atoms with E-state index < -0.39 is 0 Å². The molecule has 5 rings (SSSR count). The number of ether oxygens (including phenoxy) is 1. The van der Waals surface area contributed by atoms with Gasteiger partial charge >= 0.3 is 0 Å². The summed E-state index contributed by atoms with van der Waals surface area (Å²) in [6, 6.07) is 21.0. The van der Waals surface area contributed by atoms with E-state index in [1.807, 2.05) is 66.7 Å². The highest BCUT2D eigenvalue weighted by Gasteiger charge is 2.31. The second-order valence-corrected chi connectivity index (χ2v) is 6.27. The number of nitrogens with zero attached hydrogens (tertiary/aromatic N) is 2. The maximum atomic E-state index is 13.2. The minimum Gasteiger partial charge on any atom is -0.488 e. The van der Waals surface area contributed by atoms with E-state index in [2.05, 4.69) is 5.10 Å². The molecule has 5 nitrogen and oxygen atoms in total. The maximum Gasteiger partial charge on any atom is 0.198 e. The van der Waals surface area contributed by atoms with Crippen LogP contribution in [0.4, 0.5) is 0 Å². The molecular formula is C21H15N3O2. The Bertz CT molecular complexity index is 1160. The molecule has 0 fully saturated rings. The normalized spacial score (nSPS) is 12.2. The van der Waals surface area contributed by atoms with Crippen LogP contribution in [0.1, 0.15) is 21.5 Å². The molecule has 1 heterocycles. The number of hydrogen-bond acceptors (Lipinski definition) is 4. The molecule has 0 radical (unpaired) electrons. The van der Waals surface area contributed by atoms with Gasteiger partial charge in [0, 0.05) is 16.5 Å². The van der Waals surface area contributed by atoms with E-state index in [0.29, 0.717) is 23.5 Å². The number of benzene rings is 3. The van der Waals surface area contributed by atoms with Gasteiger partial charge in [0.2, 0.25) is 0 Å². The number of fused-ring (bicyclic) bond motifs is 2. The summed E-state index contributed by atoms with van der Waals surface area (Å²) in [4.78, 5) is 14.5. The van der Waals surface area contributed by atoms with Gasteiger partial charge in [-0.25, -0.2) is 0 Å². The van der Waals surface area contributed by atoms with Crippen molar-refractivity contribution in [3.63, 3.8) is 0 Å². The van der Waals surface area contributed by atoms with E-state index in [1.165, 1.54) is 4.79 Å². The van der Waals surface area contributed by atoms with Crippen LogP contribution in [-0.2, 0) is 6.61 Å². The Morgan fingerprint density at radius 1 is 0.923 bits per heavy atom. The molecule has 0 spiro atoms. The molecule has 0 unspecified atom stereocenters. The molecule has 0 amide bonds. The maximum absolute atomic E-state index is 13.2. The molecule has 0 saturated carbocycles. The van der Waals surface area contributed by atoms with Crippen molar-refractivity contribution in [1.82, 2.24) is 9.89 Å². The first-order valence-corrected chi connectivity index (χ1v) is 8.35. The number of carbonyl (C=O) groups is 1. The molecule has 0 aliphatic heterocycles. The molecular weight excluding hydrogens is 326 g/mol. The molecule has 4 aromatic rings. The zero-order valence-corrected chi connectivity index (χ0v) is 13.8. The van der Waals surface area contributed by atoms with Gasteiger partial charge in [-0.2, -0.15) is 9.89 Å². The van der Waals surface area contributed by atoms with Crippen molar-refractivity contribution in [2.24, 2.45) is 0 Å². The highest BCUT2D eigenvalue weighted by molar-refractivity contribution is 6.26. The molecule has 0 atom stereocenters. The Morgan fingerprint density at radius 3 is 2.54 bits per heavy atom. The smallest absolute Gasteiger partial charge is 0.198 e. The number of carbonyl (C=O) groups excluding carboxylic acids is 1. The summed E-state index contributed by atoms with van der Waals surface area (Å²) in [6.07, 6.45) is 0. The lowest BCUT2D eigenvalue weighted by Gasteiger charge is -2.18. The Morgan fingerprint density at radius 2 is 1.69 bits per heavy atom. The van der Waals surface area contributed by atoms with Crippen LogP contribution in [0.3, 0.4) is 0 Å². The van der Waals surface area contributed by atoms with Gasteiger partial charge in [-0.1, -0.05) is 54.6 Å². The van der Waals surface area contributed by atoms with Gasteiger partial charge in [-0.15, -0.1) is 0 Å². The lowest BCUT2D eigenvalue weighted by Crippen LogP contribution is -2.11. The van der Waals surface area contributed by atoms with Crippen LogP contribution in [0.25, 0.3) is 22.2 Å². The quantitative estimate of drug-likeness (QED) is 0.510. The van der Waals surface area contributed by atoms with Crippen molar-refractivity contribution in [3.8, 4) is 17.0 Å². The van der Waals surface area contributed by atoms with Crippen LogP contribution in [0.5, 0.6) is 5.75 Å². The van der Waals surface area contributed by atoms with Crippen LogP contribution in [-0.4, -0.2) is 15.7 Å².